The first-order valence-electron chi connectivity index (χ1n) is 5.88. The van der Waals surface area contributed by atoms with Gasteiger partial charge in [-0.2, -0.15) is 0 Å². The van der Waals surface area contributed by atoms with Crippen molar-refractivity contribution in [3.05, 3.63) is 49.5 Å². The summed E-state index contributed by atoms with van der Waals surface area (Å²) in [5, 5.41) is 17.1. The van der Waals surface area contributed by atoms with E-state index < -0.39 is 0 Å². The highest BCUT2D eigenvalue weighted by atomic mass is 32.1. The van der Waals surface area contributed by atoms with E-state index in [-0.39, 0.29) is 10.6 Å². The normalized spacial score (nSPS) is 10.5. The third-order valence-corrected chi connectivity index (χ3v) is 3.80. The van der Waals surface area contributed by atoms with Crippen LogP contribution in [0.15, 0.2) is 17.5 Å². The summed E-state index contributed by atoms with van der Waals surface area (Å²) in [6.45, 7) is 6.20. The van der Waals surface area contributed by atoms with E-state index in [0.29, 0.717) is 12.1 Å². The minimum absolute atomic E-state index is 0.160. The van der Waals surface area contributed by atoms with Gasteiger partial charge >= 0.3 is 0 Å². The molecule has 0 bridgehead atoms. The van der Waals surface area contributed by atoms with Crippen LogP contribution in [-0.2, 0) is 6.54 Å². The average Bonchev–Trinajstić information content (AvgIpc) is 2.75. The molecule has 0 atom stereocenters. The van der Waals surface area contributed by atoms with E-state index in [4.69, 9.17) is 0 Å². The number of aromatic nitrogens is 1. The van der Waals surface area contributed by atoms with Gasteiger partial charge in [-0.05, 0) is 32.4 Å². The third-order valence-electron chi connectivity index (χ3n) is 2.84. The lowest BCUT2D eigenvalue weighted by atomic mass is 10.1. The molecule has 1 heterocycles. The Morgan fingerprint density at radius 3 is 2.63 bits per heavy atom. The molecule has 0 radical (unpaired) electrons. The molecule has 6 heteroatoms. The van der Waals surface area contributed by atoms with Crippen LogP contribution >= 0.6 is 11.3 Å². The van der Waals surface area contributed by atoms with Crippen molar-refractivity contribution in [3.63, 3.8) is 0 Å². The fraction of sp³-hybridized carbons (Fsp3) is 0.308. The lowest BCUT2D eigenvalue weighted by molar-refractivity contribution is -0.385. The van der Waals surface area contributed by atoms with Gasteiger partial charge in [-0.1, -0.05) is 0 Å². The summed E-state index contributed by atoms with van der Waals surface area (Å²) < 4.78 is 0. The molecule has 0 amide bonds. The fourth-order valence-corrected chi connectivity index (χ4v) is 2.55. The van der Waals surface area contributed by atoms with Crippen LogP contribution in [0.25, 0.3) is 0 Å². The van der Waals surface area contributed by atoms with Gasteiger partial charge in [-0.25, -0.2) is 4.98 Å². The number of aryl methyl sites for hydroxylation is 3. The molecule has 0 fully saturated rings. The van der Waals surface area contributed by atoms with Crippen molar-refractivity contribution in [2.75, 3.05) is 5.32 Å². The number of hydrogen-bond donors (Lipinski definition) is 1. The van der Waals surface area contributed by atoms with Crippen molar-refractivity contribution in [2.24, 2.45) is 0 Å². The summed E-state index contributed by atoms with van der Waals surface area (Å²) in [4.78, 5) is 14.9. The zero-order valence-corrected chi connectivity index (χ0v) is 11.9. The SMILES string of the molecule is Cc1csc(CNc2cc(C)c([N+](=O)[O-])cc2C)n1. The van der Waals surface area contributed by atoms with Crippen LogP contribution in [0, 0.1) is 30.9 Å². The van der Waals surface area contributed by atoms with Crippen molar-refractivity contribution >= 4 is 22.7 Å². The molecular weight excluding hydrogens is 262 g/mol. The Morgan fingerprint density at radius 1 is 1.32 bits per heavy atom. The lowest BCUT2D eigenvalue weighted by Crippen LogP contribution is -2.02. The standard InChI is InChI=1S/C13H15N3O2S/c1-8-5-12(16(17)18)9(2)4-11(8)14-6-13-15-10(3)7-19-13/h4-5,7,14H,6H2,1-3H3. The van der Waals surface area contributed by atoms with Crippen molar-refractivity contribution < 1.29 is 4.92 Å². The molecule has 100 valence electrons. The van der Waals surface area contributed by atoms with Crippen LogP contribution in [0.4, 0.5) is 11.4 Å². The van der Waals surface area contributed by atoms with E-state index in [9.17, 15) is 10.1 Å². The Morgan fingerprint density at radius 2 is 2.05 bits per heavy atom. The second-order valence-electron chi connectivity index (χ2n) is 4.45. The molecule has 1 N–H and O–H groups in total. The van der Waals surface area contributed by atoms with Crippen LogP contribution in [0.2, 0.25) is 0 Å². The molecule has 2 aromatic rings. The highest BCUT2D eigenvalue weighted by molar-refractivity contribution is 7.09. The summed E-state index contributed by atoms with van der Waals surface area (Å²) in [6, 6.07) is 3.42. The van der Waals surface area contributed by atoms with Crippen LogP contribution in [0.5, 0.6) is 0 Å². The molecule has 19 heavy (non-hydrogen) atoms. The average molecular weight is 277 g/mol. The van der Waals surface area contributed by atoms with E-state index in [1.54, 1.807) is 24.3 Å². The van der Waals surface area contributed by atoms with E-state index in [1.807, 2.05) is 25.3 Å². The first-order valence-corrected chi connectivity index (χ1v) is 6.76. The molecule has 0 saturated heterocycles. The maximum Gasteiger partial charge on any atom is 0.272 e. The fourth-order valence-electron chi connectivity index (χ4n) is 1.84. The molecule has 0 aliphatic rings. The van der Waals surface area contributed by atoms with Gasteiger partial charge in [0.25, 0.3) is 5.69 Å². The van der Waals surface area contributed by atoms with Crippen LogP contribution in [0.3, 0.4) is 0 Å². The highest BCUT2D eigenvalue weighted by Gasteiger charge is 2.13. The Bertz CT molecular complexity index is 622. The summed E-state index contributed by atoms with van der Waals surface area (Å²) in [5.41, 5.74) is 3.61. The number of nitro benzene ring substituents is 1. The number of nitrogens with zero attached hydrogens (tertiary/aromatic N) is 2. The molecule has 2 rings (SSSR count). The number of thiazole rings is 1. The Hall–Kier alpha value is -1.95. The summed E-state index contributed by atoms with van der Waals surface area (Å²) in [5.74, 6) is 0. The predicted octanol–water partition coefficient (Wildman–Crippen LogP) is 3.59. The monoisotopic (exact) mass is 277 g/mol. The Balaban J connectivity index is 2.17. The van der Waals surface area contributed by atoms with Crippen LogP contribution < -0.4 is 5.32 Å². The smallest absolute Gasteiger partial charge is 0.272 e. The number of rotatable bonds is 4. The largest absolute Gasteiger partial charge is 0.378 e. The van der Waals surface area contributed by atoms with Gasteiger partial charge in [0.15, 0.2) is 0 Å². The number of nitrogens with one attached hydrogen (secondary N) is 1. The van der Waals surface area contributed by atoms with E-state index in [2.05, 4.69) is 10.3 Å². The topological polar surface area (TPSA) is 68.1 Å². The molecule has 5 nitrogen and oxygen atoms in total. The van der Waals surface area contributed by atoms with Gasteiger partial charge in [0.2, 0.25) is 0 Å². The molecule has 1 aromatic heterocycles. The molecular formula is C13H15N3O2S. The molecule has 0 spiro atoms. The first kappa shape index (κ1) is 13.5. The van der Waals surface area contributed by atoms with Crippen molar-refractivity contribution in [1.82, 2.24) is 4.98 Å². The molecule has 0 aliphatic carbocycles. The number of benzene rings is 1. The minimum Gasteiger partial charge on any atom is -0.378 e. The van der Waals surface area contributed by atoms with Crippen molar-refractivity contribution in [1.29, 1.82) is 0 Å². The quantitative estimate of drug-likeness (QED) is 0.685. The highest BCUT2D eigenvalue weighted by Crippen LogP contribution is 2.26. The minimum atomic E-state index is -0.351. The van der Waals surface area contributed by atoms with Gasteiger partial charge in [0, 0.05) is 28.4 Å². The number of anilines is 1. The number of hydrogen-bond acceptors (Lipinski definition) is 5. The van der Waals surface area contributed by atoms with E-state index in [0.717, 1.165) is 22.0 Å². The van der Waals surface area contributed by atoms with Crippen LogP contribution in [-0.4, -0.2) is 9.91 Å². The van der Waals surface area contributed by atoms with E-state index in [1.165, 1.54) is 0 Å². The zero-order valence-electron chi connectivity index (χ0n) is 11.1. The summed E-state index contributed by atoms with van der Waals surface area (Å²) >= 11 is 1.61. The second kappa shape index (κ2) is 5.36. The van der Waals surface area contributed by atoms with Crippen LogP contribution in [0.1, 0.15) is 21.8 Å². The molecule has 0 saturated carbocycles. The lowest BCUT2D eigenvalue weighted by Gasteiger charge is -2.09. The van der Waals surface area contributed by atoms with Gasteiger partial charge in [-0.15, -0.1) is 11.3 Å². The summed E-state index contributed by atoms with van der Waals surface area (Å²) in [7, 11) is 0. The van der Waals surface area contributed by atoms with Crippen molar-refractivity contribution in [2.45, 2.75) is 27.3 Å². The first-order chi connectivity index (χ1) is 8.97. The third kappa shape index (κ3) is 3.08. The van der Waals surface area contributed by atoms with Gasteiger partial charge in [-0.3, -0.25) is 10.1 Å². The molecule has 1 aromatic carbocycles. The maximum absolute atomic E-state index is 10.8. The molecule has 0 aliphatic heterocycles. The molecule has 0 unspecified atom stereocenters. The zero-order chi connectivity index (χ0) is 14.0. The number of nitro groups is 1. The van der Waals surface area contributed by atoms with Gasteiger partial charge < -0.3 is 5.32 Å². The second-order valence-corrected chi connectivity index (χ2v) is 5.39. The predicted molar refractivity (Wildman–Crippen MR) is 76.7 cm³/mol. The van der Waals surface area contributed by atoms with Crippen molar-refractivity contribution in [3.8, 4) is 0 Å². The Kier molecular flexibility index (Phi) is 3.80. The summed E-state index contributed by atoms with van der Waals surface area (Å²) in [6.07, 6.45) is 0. The van der Waals surface area contributed by atoms with Gasteiger partial charge in [0.05, 0.1) is 11.5 Å². The van der Waals surface area contributed by atoms with E-state index >= 15 is 0 Å². The van der Waals surface area contributed by atoms with Gasteiger partial charge in [0.1, 0.15) is 5.01 Å². The maximum atomic E-state index is 10.8. The Labute approximate surface area is 115 Å².